The van der Waals surface area contributed by atoms with E-state index in [1.54, 1.807) is 13.0 Å². The van der Waals surface area contributed by atoms with Gasteiger partial charge in [-0.3, -0.25) is 0 Å². The minimum absolute atomic E-state index is 0.178. The molecule has 0 fully saturated rings. The molecule has 0 aliphatic rings. The average Bonchev–Trinajstić information content (AvgIpc) is 2.84. The van der Waals surface area contributed by atoms with Crippen LogP contribution in [-0.2, 0) is 17.5 Å². The molecule has 2 rings (SSSR count). The fourth-order valence-corrected chi connectivity index (χ4v) is 1.93. The lowest BCUT2D eigenvalue weighted by atomic mass is 10.1. The fraction of sp³-hybridized carbons (Fsp3) is 0.438. The monoisotopic (exact) mass is 313 g/mol. The van der Waals surface area contributed by atoms with Crippen molar-refractivity contribution in [2.24, 2.45) is 0 Å². The third-order valence-electron chi connectivity index (χ3n) is 3.20. The zero-order chi connectivity index (χ0) is 16.2. The van der Waals surface area contributed by atoms with Crippen molar-refractivity contribution in [3.8, 4) is 11.5 Å². The molecular formula is C16H18F3NO2. The lowest BCUT2D eigenvalue weighted by molar-refractivity contribution is -0.137. The quantitative estimate of drug-likeness (QED) is 0.705. The first-order chi connectivity index (χ1) is 10.4. The van der Waals surface area contributed by atoms with Crippen LogP contribution in [0.1, 0.15) is 36.8 Å². The first-order valence-electron chi connectivity index (χ1n) is 7.13. The highest BCUT2D eigenvalue weighted by Crippen LogP contribution is 2.32. The maximum atomic E-state index is 12.7. The van der Waals surface area contributed by atoms with Crippen LogP contribution in [0.25, 0.3) is 11.5 Å². The van der Waals surface area contributed by atoms with E-state index in [0.29, 0.717) is 23.6 Å². The summed E-state index contributed by atoms with van der Waals surface area (Å²) in [5, 5.41) is 0. The van der Waals surface area contributed by atoms with Gasteiger partial charge in [0.2, 0.25) is 5.89 Å². The summed E-state index contributed by atoms with van der Waals surface area (Å²) in [6, 6.07) is 4.94. The molecule has 0 saturated carbocycles. The Balaban J connectivity index is 2.16. The van der Waals surface area contributed by atoms with Crippen molar-refractivity contribution < 1.29 is 22.3 Å². The number of benzene rings is 1. The van der Waals surface area contributed by atoms with Crippen LogP contribution in [0.15, 0.2) is 28.7 Å². The van der Waals surface area contributed by atoms with Gasteiger partial charge in [-0.2, -0.15) is 13.2 Å². The predicted octanol–water partition coefficient (Wildman–Crippen LogP) is 4.99. The Hall–Kier alpha value is -1.82. The average molecular weight is 313 g/mol. The summed E-state index contributed by atoms with van der Waals surface area (Å²) in [5.41, 5.74) is 0.211. The maximum Gasteiger partial charge on any atom is 0.416 e. The lowest BCUT2D eigenvalue weighted by Crippen LogP contribution is -2.04. The summed E-state index contributed by atoms with van der Waals surface area (Å²) >= 11 is 0. The molecule has 0 unspecified atom stereocenters. The van der Waals surface area contributed by atoms with E-state index in [-0.39, 0.29) is 12.5 Å². The molecule has 3 nitrogen and oxygen atoms in total. The Morgan fingerprint density at radius 2 is 2.05 bits per heavy atom. The molecule has 0 atom stereocenters. The maximum absolute atomic E-state index is 12.7. The number of rotatable bonds is 6. The van der Waals surface area contributed by atoms with E-state index < -0.39 is 11.7 Å². The highest BCUT2D eigenvalue weighted by Gasteiger charge is 2.30. The number of aromatic nitrogens is 1. The number of alkyl halides is 3. The van der Waals surface area contributed by atoms with Crippen molar-refractivity contribution >= 4 is 0 Å². The number of nitrogens with zero attached hydrogens (tertiary/aromatic N) is 1. The normalized spacial score (nSPS) is 11.9. The predicted molar refractivity (Wildman–Crippen MR) is 76.2 cm³/mol. The number of oxazole rings is 1. The van der Waals surface area contributed by atoms with Crippen LogP contribution in [0.2, 0.25) is 0 Å². The molecule has 2 aromatic rings. The van der Waals surface area contributed by atoms with Crippen LogP contribution in [0, 0.1) is 6.92 Å². The summed E-state index contributed by atoms with van der Waals surface area (Å²) < 4.78 is 49.2. The molecule has 1 aromatic heterocycles. The van der Waals surface area contributed by atoms with Crippen LogP contribution in [0.4, 0.5) is 13.2 Å². The van der Waals surface area contributed by atoms with Gasteiger partial charge in [0.1, 0.15) is 6.61 Å². The fourth-order valence-electron chi connectivity index (χ4n) is 1.93. The van der Waals surface area contributed by atoms with E-state index in [9.17, 15) is 13.2 Å². The molecule has 0 bridgehead atoms. The van der Waals surface area contributed by atoms with Crippen molar-refractivity contribution in [3.05, 3.63) is 41.3 Å². The molecule has 0 saturated heterocycles. The SMILES string of the molecule is CCCCOCc1oc(-c2cccc(C(F)(F)F)c2)nc1C. The number of aryl methyl sites for hydroxylation is 1. The number of ether oxygens (including phenoxy) is 1. The van der Waals surface area contributed by atoms with Crippen LogP contribution >= 0.6 is 0 Å². The zero-order valence-electron chi connectivity index (χ0n) is 12.5. The topological polar surface area (TPSA) is 35.3 Å². The summed E-state index contributed by atoms with van der Waals surface area (Å²) in [7, 11) is 0. The highest BCUT2D eigenvalue weighted by molar-refractivity contribution is 5.55. The Bertz CT molecular complexity index is 620. The van der Waals surface area contributed by atoms with Gasteiger partial charge in [0.05, 0.1) is 11.3 Å². The van der Waals surface area contributed by atoms with Gasteiger partial charge >= 0.3 is 6.18 Å². The van der Waals surface area contributed by atoms with E-state index in [1.165, 1.54) is 6.07 Å². The van der Waals surface area contributed by atoms with Crippen molar-refractivity contribution in [1.82, 2.24) is 4.98 Å². The standard InChI is InChI=1S/C16H18F3NO2/c1-3-4-8-21-10-14-11(2)20-15(22-14)12-6-5-7-13(9-12)16(17,18)19/h5-7,9H,3-4,8,10H2,1-2H3. The van der Waals surface area contributed by atoms with Gasteiger partial charge in [0.25, 0.3) is 0 Å². The van der Waals surface area contributed by atoms with Crippen molar-refractivity contribution in [3.63, 3.8) is 0 Å². The summed E-state index contributed by atoms with van der Waals surface area (Å²) in [6.07, 6.45) is -2.40. The van der Waals surface area contributed by atoms with Crippen LogP contribution < -0.4 is 0 Å². The smallest absolute Gasteiger partial charge is 0.416 e. The van der Waals surface area contributed by atoms with Crippen molar-refractivity contribution in [1.29, 1.82) is 0 Å². The molecule has 120 valence electrons. The zero-order valence-corrected chi connectivity index (χ0v) is 12.5. The third kappa shape index (κ3) is 4.10. The molecule has 6 heteroatoms. The molecule has 0 spiro atoms. The van der Waals surface area contributed by atoms with E-state index in [2.05, 4.69) is 11.9 Å². The summed E-state index contributed by atoms with van der Waals surface area (Å²) in [5.74, 6) is 0.723. The largest absolute Gasteiger partial charge is 0.438 e. The third-order valence-corrected chi connectivity index (χ3v) is 3.20. The molecule has 0 N–H and O–H groups in total. The van der Waals surface area contributed by atoms with Gasteiger partial charge in [0, 0.05) is 12.2 Å². The van der Waals surface area contributed by atoms with E-state index >= 15 is 0 Å². The van der Waals surface area contributed by atoms with Crippen LogP contribution in [0.5, 0.6) is 0 Å². The Kier molecular flexibility index (Phi) is 5.24. The summed E-state index contributed by atoms with van der Waals surface area (Å²) in [6.45, 7) is 4.71. The molecular weight excluding hydrogens is 295 g/mol. The van der Waals surface area contributed by atoms with E-state index in [1.807, 2.05) is 0 Å². The molecule has 0 amide bonds. The highest BCUT2D eigenvalue weighted by atomic mass is 19.4. The number of hydrogen-bond donors (Lipinski definition) is 0. The number of hydrogen-bond acceptors (Lipinski definition) is 3. The molecule has 0 aliphatic heterocycles. The second kappa shape index (κ2) is 6.96. The van der Waals surface area contributed by atoms with Gasteiger partial charge in [-0.05, 0) is 31.5 Å². The minimum atomic E-state index is -4.39. The first-order valence-corrected chi connectivity index (χ1v) is 7.13. The number of unbranched alkanes of at least 4 members (excludes halogenated alkanes) is 1. The molecule has 0 aliphatic carbocycles. The Morgan fingerprint density at radius 3 is 2.73 bits per heavy atom. The van der Waals surface area contributed by atoms with Gasteiger partial charge in [-0.15, -0.1) is 0 Å². The summed E-state index contributed by atoms with van der Waals surface area (Å²) in [4.78, 5) is 4.19. The van der Waals surface area contributed by atoms with Gasteiger partial charge in [0.15, 0.2) is 5.76 Å². The second-order valence-corrected chi connectivity index (χ2v) is 5.01. The minimum Gasteiger partial charge on any atom is -0.438 e. The van der Waals surface area contributed by atoms with Gasteiger partial charge in [-0.1, -0.05) is 19.4 Å². The lowest BCUT2D eigenvalue weighted by Gasteiger charge is -2.06. The molecule has 0 radical (unpaired) electrons. The number of halogens is 3. The first kappa shape index (κ1) is 16.5. The van der Waals surface area contributed by atoms with Crippen molar-refractivity contribution in [2.75, 3.05) is 6.61 Å². The van der Waals surface area contributed by atoms with Crippen LogP contribution in [-0.4, -0.2) is 11.6 Å². The van der Waals surface area contributed by atoms with E-state index in [0.717, 1.165) is 25.0 Å². The van der Waals surface area contributed by atoms with Crippen LogP contribution in [0.3, 0.4) is 0 Å². The molecule has 22 heavy (non-hydrogen) atoms. The van der Waals surface area contributed by atoms with Crippen molar-refractivity contribution in [2.45, 2.75) is 39.5 Å². The van der Waals surface area contributed by atoms with Gasteiger partial charge < -0.3 is 9.15 Å². The Morgan fingerprint density at radius 1 is 1.27 bits per heavy atom. The molecule has 1 heterocycles. The van der Waals surface area contributed by atoms with Gasteiger partial charge in [-0.25, -0.2) is 4.98 Å². The second-order valence-electron chi connectivity index (χ2n) is 5.01. The Labute approximate surface area is 127 Å². The van der Waals surface area contributed by atoms with E-state index in [4.69, 9.17) is 9.15 Å². The molecule has 1 aromatic carbocycles.